The number of rotatable bonds is 4. The van der Waals surface area contributed by atoms with Crippen LogP contribution < -0.4 is 0 Å². The van der Waals surface area contributed by atoms with Gasteiger partial charge in [-0.1, -0.05) is 37.0 Å². The number of allylic oxidation sites excluding steroid dienone is 1. The summed E-state index contributed by atoms with van der Waals surface area (Å²) in [5.74, 6) is 8.36. The molecular formula is C20H26. The van der Waals surface area contributed by atoms with E-state index in [0.717, 1.165) is 17.9 Å². The molecular weight excluding hydrogens is 240 g/mol. The average molecular weight is 266 g/mol. The van der Waals surface area contributed by atoms with E-state index in [2.05, 4.69) is 49.6 Å². The van der Waals surface area contributed by atoms with E-state index >= 15 is 0 Å². The third-order valence-electron chi connectivity index (χ3n) is 4.41. The fourth-order valence-corrected chi connectivity index (χ4v) is 2.96. The Balaban J connectivity index is 1.83. The van der Waals surface area contributed by atoms with Gasteiger partial charge in [0.1, 0.15) is 0 Å². The van der Waals surface area contributed by atoms with Gasteiger partial charge in [0, 0.05) is 11.5 Å². The summed E-state index contributed by atoms with van der Waals surface area (Å²) in [6.07, 6.45) is 10.9. The summed E-state index contributed by atoms with van der Waals surface area (Å²) in [5, 5.41) is 0. The molecule has 0 atom stereocenters. The Morgan fingerprint density at radius 3 is 2.45 bits per heavy atom. The van der Waals surface area contributed by atoms with Gasteiger partial charge in [0.2, 0.25) is 0 Å². The van der Waals surface area contributed by atoms with E-state index in [1.165, 1.54) is 44.1 Å². The molecule has 0 spiro atoms. The van der Waals surface area contributed by atoms with Crippen molar-refractivity contribution in [3.05, 3.63) is 48.0 Å². The van der Waals surface area contributed by atoms with Crippen LogP contribution in [0.25, 0.3) is 0 Å². The molecule has 0 heterocycles. The maximum atomic E-state index is 3.81. The quantitative estimate of drug-likeness (QED) is 0.507. The highest BCUT2D eigenvalue weighted by atomic mass is 14.2. The minimum atomic E-state index is 0.612. The van der Waals surface area contributed by atoms with E-state index in [9.17, 15) is 0 Å². The molecule has 20 heavy (non-hydrogen) atoms. The lowest BCUT2D eigenvalue weighted by Crippen LogP contribution is -2.13. The standard InChI is InChI=1S/C20H26/c1-3-5-6-18-11-13-20(14-12-18)16-15-19-9-7-17(4-2)8-10-19/h3,7-10,18,20H,1,4-6,11-14H2,2H3. The summed E-state index contributed by atoms with van der Waals surface area (Å²) in [4.78, 5) is 0. The molecule has 106 valence electrons. The smallest absolute Gasteiger partial charge is 0.0245 e. The Bertz CT molecular complexity index is 461. The maximum Gasteiger partial charge on any atom is 0.0245 e. The molecule has 0 nitrogen and oxygen atoms in total. The Hall–Kier alpha value is -1.48. The minimum Gasteiger partial charge on any atom is -0.103 e. The van der Waals surface area contributed by atoms with Crippen molar-refractivity contribution < 1.29 is 0 Å². The molecule has 0 saturated heterocycles. The van der Waals surface area contributed by atoms with Crippen molar-refractivity contribution in [2.45, 2.75) is 51.9 Å². The fourth-order valence-electron chi connectivity index (χ4n) is 2.96. The first-order valence-corrected chi connectivity index (χ1v) is 8.03. The van der Waals surface area contributed by atoms with E-state index < -0.39 is 0 Å². The lowest BCUT2D eigenvalue weighted by Gasteiger charge is -2.25. The summed E-state index contributed by atoms with van der Waals surface area (Å²) in [6.45, 7) is 6.00. The molecule has 0 aliphatic heterocycles. The van der Waals surface area contributed by atoms with E-state index in [0.29, 0.717) is 5.92 Å². The summed E-state index contributed by atoms with van der Waals surface area (Å²) in [7, 11) is 0. The van der Waals surface area contributed by atoms with Crippen molar-refractivity contribution in [1.82, 2.24) is 0 Å². The molecule has 0 aromatic heterocycles. The van der Waals surface area contributed by atoms with E-state index in [-0.39, 0.29) is 0 Å². The van der Waals surface area contributed by atoms with Gasteiger partial charge in [-0.05, 0) is 68.6 Å². The van der Waals surface area contributed by atoms with Gasteiger partial charge in [0.05, 0.1) is 0 Å². The molecule has 1 aromatic rings. The third-order valence-corrected chi connectivity index (χ3v) is 4.41. The van der Waals surface area contributed by atoms with E-state index in [1.807, 2.05) is 6.08 Å². The van der Waals surface area contributed by atoms with Crippen molar-refractivity contribution in [3.63, 3.8) is 0 Å². The van der Waals surface area contributed by atoms with Crippen LogP contribution in [0.15, 0.2) is 36.9 Å². The predicted molar refractivity (Wildman–Crippen MR) is 87.6 cm³/mol. The minimum absolute atomic E-state index is 0.612. The molecule has 0 amide bonds. The highest BCUT2D eigenvalue weighted by Gasteiger charge is 2.18. The van der Waals surface area contributed by atoms with Crippen molar-refractivity contribution in [1.29, 1.82) is 0 Å². The van der Waals surface area contributed by atoms with Crippen molar-refractivity contribution in [2.24, 2.45) is 11.8 Å². The molecule has 0 heteroatoms. The maximum absolute atomic E-state index is 3.81. The summed E-state index contributed by atoms with van der Waals surface area (Å²) in [5.41, 5.74) is 2.55. The molecule has 1 fully saturated rings. The second-order valence-corrected chi connectivity index (χ2v) is 5.90. The molecule has 1 saturated carbocycles. The normalized spacial score (nSPS) is 21.9. The summed E-state index contributed by atoms with van der Waals surface area (Å²) in [6, 6.07) is 8.69. The van der Waals surface area contributed by atoms with E-state index in [1.54, 1.807) is 0 Å². The highest BCUT2D eigenvalue weighted by molar-refractivity contribution is 5.36. The summed E-state index contributed by atoms with van der Waals surface area (Å²) < 4.78 is 0. The fraction of sp³-hybridized carbons (Fsp3) is 0.500. The predicted octanol–water partition coefficient (Wildman–Crippen LogP) is 5.37. The van der Waals surface area contributed by atoms with Gasteiger partial charge in [-0.3, -0.25) is 0 Å². The van der Waals surface area contributed by atoms with Crippen LogP contribution in [0, 0.1) is 23.7 Å². The van der Waals surface area contributed by atoms with Gasteiger partial charge in [-0.25, -0.2) is 0 Å². The second kappa shape index (κ2) is 7.95. The zero-order valence-corrected chi connectivity index (χ0v) is 12.7. The van der Waals surface area contributed by atoms with Crippen LogP contribution in [0.2, 0.25) is 0 Å². The van der Waals surface area contributed by atoms with E-state index in [4.69, 9.17) is 0 Å². The van der Waals surface area contributed by atoms with Gasteiger partial charge in [-0.15, -0.1) is 6.58 Å². The van der Waals surface area contributed by atoms with Crippen molar-refractivity contribution >= 4 is 0 Å². The van der Waals surface area contributed by atoms with Crippen molar-refractivity contribution in [2.75, 3.05) is 0 Å². The number of benzene rings is 1. The lowest BCUT2D eigenvalue weighted by molar-refractivity contribution is 0.303. The van der Waals surface area contributed by atoms with Crippen LogP contribution >= 0.6 is 0 Å². The molecule has 0 bridgehead atoms. The monoisotopic (exact) mass is 266 g/mol. The van der Waals surface area contributed by atoms with Crippen LogP contribution in [0.4, 0.5) is 0 Å². The Kier molecular flexibility index (Phi) is 5.93. The molecule has 1 aromatic carbocycles. The Labute approximate surface area is 124 Å². The summed E-state index contributed by atoms with van der Waals surface area (Å²) >= 11 is 0. The van der Waals surface area contributed by atoms with Gasteiger partial charge in [0.25, 0.3) is 0 Å². The molecule has 0 N–H and O–H groups in total. The zero-order chi connectivity index (χ0) is 14.2. The topological polar surface area (TPSA) is 0 Å². The van der Waals surface area contributed by atoms with Crippen LogP contribution in [0.1, 0.15) is 56.6 Å². The van der Waals surface area contributed by atoms with Crippen LogP contribution in [0.5, 0.6) is 0 Å². The SMILES string of the molecule is C=CCCC1CCC(C#Cc2ccc(CC)cc2)CC1. The molecule has 0 unspecified atom stereocenters. The Morgan fingerprint density at radius 2 is 1.85 bits per heavy atom. The third kappa shape index (κ3) is 4.57. The van der Waals surface area contributed by atoms with Crippen molar-refractivity contribution in [3.8, 4) is 11.8 Å². The van der Waals surface area contributed by atoms with Gasteiger partial charge >= 0.3 is 0 Å². The lowest BCUT2D eigenvalue weighted by atomic mass is 9.80. The second-order valence-electron chi connectivity index (χ2n) is 5.90. The molecule has 1 aliphatic rings. The average Bonchev–Trinajstić information content (AvgIpc) is 2.52. The highest BCUT2D eigenvalue weighted by Crippen LogP contribution is 2.31. The Morgan fingerprint density at radius 1 is 1.15 bits per heavy atom. The molecule has 0 radical (unpaired) electrons. The number of aryl methyl sites for hydroxylation is 1. The largest absolute Gasteiger partial charge is 0.103 e. The van der Waals surface area contributed by atoms with Gasteiger partial charge in [-0.2, -0.15) is 0 Å². The molecule has 1 aliphatic carbocycles. The van der Waals surface area contributed by atoms with Gasteiger partial charge < -0.3 is 0 Å². The zero-order valence-electron chi connectivity index (χ0n) is 12.7. The number of hydrogen-bond acceptors (Lipinski definition) is 0. The first-order chi connectivity index (χ1) is 9.81. The number of hydrogen-bond donors (Lipinski definition) is 0. The molecule has 2 rings (SSSR count). The first kappa shape index (κ1) is 14.9. The first-order valence-electron chi connectivity index (χ1n) is 8.03. The van der Waals surface area contributed by atoms with Gasteiger partial charge in [0.15, 0.2) is 0 Å². The van der Waals surface area contributed by atoms with Crippen LogP contribution in [-0.4, -0.2) is 0 Å². The van der Waals surface area contributed by atoms with Crippen LogP contribution in [-0.2, 0) is 6.42 Å². The van der Waals surface area contributed by atoms with Crippen LogP contribution in [0.3, 0.4) is 0 Å².